The minimum Gasteiger partial charge on any atom is -0.493 e. The van der Waals surface area contributed by atoms with Gasteiger partial charge in [0, 0.05) is 11.3 Å². The lowest BCUT2D eigenvalue weighted by atomic mass is 9.93. The van der Waals surface area contributed by atoms with Crippen LogP contribution >= 0.6 is 0 Å². The fraction of sp³-hybridized carbons (Fsp3) is 0.172. The number of ether oxygens (including phenoxy) is 1. The van der Waals surface area contributed by atoms with Crippen LogP contribution in [0, 0.1) is 12.7 Å². The maximum absolute atomic E-state index is 14.3. The first kappa shape index (κ1) is 22.6. The van der Waals surface area contributed by atoms with E-state index in [2.05, 4.69) is 5.32 Å². The van der Waals surface area contributed by atoms with Crippen molar-refractivity contribution in [3.8, 4) is 5.75 Å². The highest BCUT2D eigenvalue weighted by Crippen LogP contribution is 2.39. The van der Waals surface area contributed by atoms with Gasteiger partial charge in [0.2, 0.25) is 5.91 Å². The van der Waals surface area contributed by atoms with Crippen molar-refractivity contribution in [1.82, 2.24) is 4.90 Å². The van der Waals surface area contributed by atoms with Gasteiger partial charge in [0.05, 0.1) is 18.2 Å². The number of hydrogen-bond acceptors (Lipinski definition) is 3. The molecular weight excluding hydrogens is 443 g/mol. The molecule has 0 radical (unpaired) electrons. The van der Waals surface area contributed by atoms with Crippen molar-refractivity contribution in [3.63, 3.8) is 0 Å². The van der Waals surface area contributed by atoms with Crippen LogP contribution in [0.15, 0.2) is 78.9 Å². The molecule has 1 heterocycles. The normalized spacial score (nSPS) is 15.3. The fourth-order valence-electron chi connectivity index (χ4n) is 4.71. The molecule has 0 saturated carbocycles. The average molecular weight is 469 g/mol. The number of amides is 2. The second kappa shape index (κ2) is 9.22. The maximum Gasteiger partial charge on any atom is 0.259 e. The van der Waals surface area contributed by atoms with Crippen molar-refractivity contribution >= 4 is 28.3 Å². The van der Waals surface area contributed by atoms with Crippen LogP contribution < -0.4 is 10.1 Å². The number of fused-ring (bicyclic) bond motifs is 2. The first-order chi connectivity index (χ1) is 17.0. The highest BCUT2D eigenvalue weighted by molar-refractivity contribution is 6.11. The Labute approximate surface area is 203 Å². The van der Waals surface area contributed by atoms with E-state index in [9.17, 15) is 14.0 Å². The van der Waals surface area contributed by atoms with Gasteiger partial charge in [-0.05, 0) is 54.4 Å². The Morgan fingerprint density at radius 1 is 1.06 bits per heavy atom. The van der Waals surface area contributed by atoms with E-state index in [1.807, 2.05) is 62.4 Å². The Balaban J connectivity index is 1.74. The number of nitrogens with one attached hydrogen (secondary N) is 1. The molecule has 0 spiro atoms. The van der Waals surface area contributed by atoms with Crippen LogP contribution in [0.2, 0.25) is 0 Å². The number of benzene rings is 4. The summed E-state index contributed by atoms with van der Waals surface area (Å²) in [6.07, 6.45) is 0. The van der Waals surface area contributed by atoms with E-state index in [1.165, 1.54) is 12.1 Å². The van der Waals surface area contributed by atoms with E-state index in [1.54, 1.807) is 23.1 Å². The van der Waals surface area contributed by atoms with Gasteiger partial charge >= 0.3 is 0 Å². The van der Waals surface area contributed by atoms with Crippen molar-refractivity contribution < 1.29 is 18.7 Å². The van der Waals surface area contributed by atoms with E-state index < -0.39 is 6.04 Å². The Morgan fingerprint density at radius 3 is 2.60 bits per heavy atom. The topological polar surface area (TPSA) is 58.6 Å². The number of halogens is 1. The molecule has 2 amide bonds. The molecule has 0 saturated heterocycles. The first-order valence-electron chi connectivity index (χ1n) is 11.6. The lowest BCUT2D eigenvalue weighted by Gasteiger charge is -2.31. The third kappa shape index (κ3) is 4.23. The zero-order valence-electron chi connectivity index (χ0n) is 19.5. The summed E-state index contributed by atoms with van der Waals surface area (Å²) in [5.41, 5.74) is 3.50. The summed E-state index contributed by atoms with van der Waals surface area (Å²) in [6.45, 7) is 4.05. The Bertz CT molecular complexity index is 1430. The van der Waals surface area contributed by atoms with Crippen LogP contribution in [0.5, 0.6) is 5.75 Å². The molecule has 0 fully saturated rings. The summed E-state index contributed by atoms with van der Waals surface area (Å²) in [5, 5.41) is 4.58. The largest absolute Gasteiger partial charge is 0.493 e. The van der Waals surface area contributed by atoms with Crippen molar-refractivity contribution in [2.75, 3.05) is 18.5 Å². The predicted molar refractivity (Wildman–Crippen MR) is 134 cm³/mol. The van der Waals surface area contributed by atoms with Gasteiger partial charge in [-0.3, -0.25) is 9.59 Å². The molecule has 0 aliphatic carbocycles. The molecule has 5 nitrogen and oxygen atoms in total. The molecule has 35 heavy (non-hydrogen) atoms. The van der Waals surface area contributed by atoms with Gasteiger partial charge in [0.25, 0.3) is 5.91 Å². The minimum atomic E-state index is -0.606. The van der Waals surface area contributed by atoms with Crippen LogP contribution in [-0.4, -0.2) is 29.9 Å². The lowest BCUT2D eigenvalue weighted by Crippen LogP contribution is -2.39. The summed E-state index contributed by atoms with van der Waals surface area (Å²) in [7, 11) is 0. The van der Waals surface area contributed by atoms with Gasteiger partial charge in [-0.1, -0.05) is 60.2 Å². The minimum absolute atomic E-state index is 0.163. The molecule has 4 aromatic carbocycles. The summed E-state index contributed by atoms with van der Waals surface area (Å²) in [4.78, 5) is 28.9. The molecule has 0 aromatic heterocycles. The quantitative estimate of drug-likeness (QED) is 0.408. The third-order valence-electron chi connectivity index (χ3n) is 6.25. The molecule has 6 heteroatoms. The number of rotatable bonds is 4. The third-order valence-corrected chi connectivity index (χ3v) is 6.25. The summed E-state index contributed by atoms with van der Waals surface area (Å²) in [6, 6.07) is 22.5. The smallest absolute Gasteiger partial charge is 0.259 e. The second-order valence-electron chi connectivity index (χ2n) is 8.62. The van der Waals surface area contributed by atoms with Crippen LogP contribution in [0.3, 0.4) is 0 Å². The Kier molecular flexibility index (Phi) is 5.95. The lowest BCUT2D eigenvalue weighted by molar-refractivity contribution is -0.117. The predicted octanol–water partition coefficient (Wildman–Crippen LogP) is 5.87. The van der Waals surface area contributed by atoms with Crippen LogP contribution in [0.4, 0.5) is 10.1 Å². The number of carbonyl (C=O) groups excluding carboxylic acids is 2. The number of carbonyl (C=O) groups is 2. The van der Waals surface area contributed by atoms with Crippen molar-refractivity contribution in [2.24, 2.45) is 0 Å². The molecule has 1 aliphatic rings. The number of aryl methyl sites for hydroxylation is 1. The van der Waals surface area contributed by atoms with Gasteiger partial charge in [0.15, 0.2) is 0 Å². The van der Waals surface area contributed by atoms with E-state index >= 15 is 0 Å². The van der Waals surface area contributed by atoms with Crippen LogP contribution in [0.1, 0.15) is 40.0 Å². The van der Waals surface area contributed by atoms with Crippen molar-refractivity contribution in [1.29, 1.82) is 0 Å². The number of nitrogens with zero attached hydrogens (tertiary/aromatic N) is 1. The average Bonchev–Trinajstić information content (AvgIpc) is 3.00. The molecule has 1 N–H and O–H groups in total. The standard InChI is InChI=1S/C29H25FN2O3/c1-3-35-25-15-11-19-6-4-5-7-22(19)27(25)29(34)32-17-26(33)31-24-14-8-18(2)16-23(24)28(32)20-9-12-21(30)13-10-20/h4-16,28H,3,17H2,1-2H3,(H,31,33)/t28-/m0/s1. The second-order valence-corrected chi connectivity index (χ2v) is 8.62. The Hall–Kier alpha value is -4.19. The van der Waals surface area contributed by atoms with Gasteiger partial charge in [0.1, 0.15) is 18.1 Å². The van der Waals surface area contributed by atoms with Crippen LogP contribution in [0.25, 0.3) is 10.8 Å². The van der Waals surface area contributed by atoms with Gasteiger partial charge in [-0.2, -0.15) is 0 Å². The number of hydrogen-bond donors (Lipinski definition) is 1. The summed E-state index contributed by atoms with van der Waals surface area (Å²) < 4.78 is 19.7. The maximum atomic E-state index is 14.3. The van der Waals surface area contributed by atoms with Crippen molar-refractivity contribution in [3.05, 3.63) is 107 Å². The van der Waals surface area contributed by atoms with Crippen LogP contribution in [-0.2, 0) is 4.79 Å². The Morgan fingerprint density at radius 2 is 1.83 bits per heavy atom. The van der Waals surface area contributed by atoms with E-state index in [0.29, 0.717) is 29.2 Å². The van der Waals surface area contributed by atoms with Gasteiger partial charge in [-0.25, -0.2) is 4.39 Å². The molecule has 4 aromatic rings. The highest BCUT2D eigenvalue weighted by Gasteiger charge is 2.35. The molecular formula is C29H25FN2O3. The molecule has 0 bridgehead atoms. The molecule has 1 atom stereocenters. The van der Waals surface area contributed by atoms with E-state index in [0.717, 1.165) is 21.9 Å². The SMILES string of the molecule is CCOc1ccc2ccccc2c1C(=O)N1CC(=O)Nc2ccc(C)cc2[C@@H]1c1ccc(F)cc1. The summed E-state index contributed by atoms with van der Waals surface area (Å²) >= 11 is 0. The molecule has 0 unspecified atom stereocenters. The fourth-order valence-corrected chi connectivity index (χ4v) is 4.71. The van der Waals surface area contributed by atoms with E-state index in [-0.39, 0.29) is 24.2 Å². The van der Waals surface area contributed by atoms with E-state index in [4.69, 9.17) is 4.74 Å². The molecule has 5 rings (SSSR count). The highest BCUT2D eigenvalue weighted by atomic mass is 19.1. The zero-order valence-corrected chi connectivity index (χ0v) is 19.5. The van der Waals surface area contributed by atoms with Gasteiger partial charge < -0.3 is 15.0 Å². The van der Waals surface area contributed by atoms with Crippen molar-refractivity contribution in [2.45, 2.75) is 19.9 Å². The van der Waals surface area contributed by atoms with Gasteiger partial charge in [-0.15, -0.1) is 0 Å². The first-order valence-corrected chi connectivity index (χ1v) is 11.6. The zero-order chi connectivity index (χ0) is 24.5. The number of anilines is 1. The molecule has 1 aliphatic heterocycles. The molecule has 176 valence electrons. The summed E-state index contributed by atoms with van der Waals surface area (Å²) in [5.74, 6) is -0.537. The monoisotopic (exact) mass is 468 g/mol.